The maximum Gasteiger partial charge on any atom is 0.237 e. The monoisotopic (exact) mass is 321 g/mol. The van der Waals surface area contributed by atoms with Crippen LogP contribution < -0.4 is 10.1 Å². The number of methoxy groups -OCH3 is 1. The van der Waals surface area contributed by atoms with Gasteiger partial charge in [-0.3, -0.25) is 4.79 Å². The molecular weight excluding hydrogens is 302 g/mol. The van der Waals surface area contributed by atoms with Crippen molar-refractivity contribution in [2.75, 3.05) is 12.4 Å². The second-order valence-electron chi connectivity index (χ2n) is 5.37. The zero-order valence-corrected chi connectivity index (χ0v) is 13.4. The van der Waals surface area contributed by atoms with Crippen LogP contribution in [0.25, 0.3) is 0 Å². The van der Waals surface area contributed by atoms with Crippen molar-refractivity contribution in [1.29, 1.82) is 0 Å². The third kappa shape index (κ3) is 3.63. The summed E-state index contributed by atoms with van der Waals surface area (Å²) in [6.07, 6.45) is 5.88. The highest BCUT2D eigenvalue weighted by molar-refractivity contribution is 5.92. The Bertz CT molecular complexity index is 785. The van der Waals surface area contributed by atoms with E-state index in [0.717, 1.165) is 5.56 Å². The van der Waals surface area contributed by atoms with E-state index in [0.29, 0.717) is 18.0 Å². The maximum absolute atomic E-state index is 12.6. The number of ether oxygens (including phenoxy) is 1. The molecule has 0 aliphatic carbocycles. The minimum absolute atomic E-state index is 0.0659. The van der Waals surface area contributed by atoms with Gasteiger partial charge in [-0.2, -0.15) is 0 Å². The van der Waals surface area contributed by atoms with Crippen LogP contribution in [0.15, 0.2) is 73.2 Å². The first kappa shape index (κ1) is 15.8. The number of carbonyl (C=O) groups is 1. The summed E-state index contributed by atoms with van der Waals surface area (Å²) in [6, 6.07) is 17.4. The number of nitrogens with zero attached hydrogens (tertiary/aromatic N) is 2. The van der Waals surface area contributed by atoms with E-state index < -0.39 is 0 Å². The van der Waals surface area contributed by atoms with Gasteiger partial charge in [0.05, 0.1) is 19.6 Å². The molecule has 122 valence electrons. The normalized spacial score (nSPS) is 11.7. The molecule has 0 spiro atoms. The molecule has 1 aromatic carbocycles. The van der Waals surface area contributed by atoms with Crippen LogP contribution in [0.4, 0.5) is 5.69 Å². The summed E-state index contributed by atoms with van der Waals surface area (Å²) in [4.78, 5) is 16.6. The van der Waals surface area contributed by atoms with Gasteiger partial charge in [0.15, 0.2) is 0 Å². The summed E-state index contributed by atoms with van der Waals surface area (Å²) < 4.78 is 7.21. The van der Waals surface area contributed by atoms with Crippen LogP contribution in [0.3, 0.4) is 0 Å². The topological polar surface area (TPSA) is 56.1 Å². The molecule has 0 radical (unpaired) electrons. The first-order chi connectivity index (χ1) is 11.8. The molecule has 0 saturated carbocycles. The predicted octanol–water partition coefficient (Wildman–Crippen LogP) is 3.51. The summed E-state index contributed by atoms with van der Waals surface area (Å²) in [5.74, 6) is 0.312. The molecule has 0 fully saturated rings. The molecule has 1 N–H and O–H groups in total. The number of anilines is 1. The van der Waals surface area contributed by atoms with Gasteiger partial charge < -0.3 is 14.6 Å². The SMILES string of the molecule is COc1ncccc1NC(=O)CC(c1ccccc1)n1cccc1. The van der Waals surface area contributed by atoms with Gasteiger partial charge in [0.25, 0.3) is 0 Å². The number of carbonyl (C=O) groups excluding carboxylic acids is 1. The Hall–Kier alpha value is -3.08. The molecule has 1 unspecified atom stereocenters. The predicted molar refractivity (Wildman–Crippen MR) is 93.0 cm³/mol. The molecule has 3 aromatic rings. The highest BCUT2D eigenvalue weighted by Gasteiger charge is 2.18. The van der Waals surface area contributed by atoms with Gasteiger partial charge in [-0.25, -0.2) is 4.98 Å². The average Bonchev–Trinajstić information content (AvgIpc) is 3.15. The Morgan fingerprint density at radius 1 is 1.12 bits per heavy atom. The van der Waals surface area contributed by atoms with Gasteiger partial charge in [0.1, 0.15) is 5.69 Å². The number of amides is 1. The molecule has 5 nitrogen and oxygen atoms in total. The lowest BCUT2D eigenvalue weighted by Crippen LogP contribution is -2.20. The zero-order valence-electron chi connectivity index (χ0n) is 13.4. The molecule has 0 aliphatic heterocycles. The Morgan fingerprint density at radius 3 is 2.58 bits per heavy atom. The van der Waals surface area contributed by atoms with Crippen molar-refractivity contribution in [2.45, 2.75) is 12.5 Å². The molecule has 2 aromatic heterocycles. The summed E-state index contributed by atoms with van der Waals surface area (Å²) in [7, 11) is 1.53. The Morgan fingerprint density at radius 2 is 1.88 bits per heavy atom. The smallest absolute Gasteiger partial charge is 0.237 e. The van der Waals surface area contributed by atoms with Crippen LogP contribution in [0.2, 0.25) is 0 Å². The van der Waals surface area contributed by atoms with Crippen LogP contribution in [-0.2, 0) is 4.79 Å². The van der Waals surface area contributed by atoms with Crippen molar-refractivity contribution in [2.24, 2.45) is 0 Å². The average molecular weight is 321 g/mol. The lowest BCUT2D eigenvalue weighted by atomic mass is 10.0. The fourth-order valence-electron chi connectivity index (χ4n) is 2.65. The third-order valence-electron chi connectivity index (χ3n) is 3.79. The van der Waals surface area contributed by atoms with Crippen molar-refractivity contribution in [3.05, 3.63) is 78.8 Å². The van der Waals surface area contributed by atoms with Crippen LogP contribution in [0.5, 0.6) is 5.88 Å². The first-order valence-corrected chi connectivity index (χ1v) is 7.74. The molecule has 3 rings (SSSR count). The number of aromatic nitrogens is 2. The Labute approximate surface area is 140 Å². The van der Waals surface area contributed by atoms with Crippen molar-refractivity contribution in [1.82, 2.24) is 9.55 Å². The number of rotatable bonds is 6. The number of nitrogens with one attached hydrogen (secondary N) is 1. The fraction of sp³-hybridized carbons (Fsp3) is 0.158. The van der Waals surface area contributed by atoms with Crippen molar-refractivity contribution < 1.29 is 9.53 Å². The van der Waals surface area contributed by atoms with Gasteiger partial charge in [-0.05, 0) is 29.8 Å². The van der Waals surface area contributed by atoms with E-state index in [9.17, 15) is 4.79 Å². The summed E-state index contributed by atoms with van der Waals surface area (Å²) in [5.41, 5.74) is 1.66. The molecule has 5 heteroatoms. The van der Waals surface area contributed by atoms with Crippen LogP contribution in [0, 0.1) is 0 Å². The number of benzene rings is 1. The van der Waals surface area contributed by atoms with Crippen molar-refractivity contribution >= 4 is 11.6 Å². The fourth-order valence-corrected chi connectivity index (χ4v) is 2.65. The van der Waals surface area contributed by atoms with Gasteiger partial charge in [-0.1, -0.05) is 30.3 Å². The van der Waals surface area contributed by atoms with E-state index in [-0.39, 0.29) is 11.9 Å². The van der Waals surface area contributed by atoms with Gasteiger partial charge in [-0.15, -0.1) is 0 Å². The molecule has 1 atom stereocenters. The Balaban J connectivity index is 1.79. The largest absolute Gasteiger partial charge is 0.480 e. The zero-order chi connectivity index (χ0) is 16.8. The molecule has 2 heterocycles. The number of hydrogen-bond donors (Lipinski definition) is 1. The quantitative estimate of drug-likeness (QED) is 0.756. The minimum Gasteiger partial charge on any atom is -0.480 e. The minimum atomic E-state index is -0.0937. The summed E-state index contributed by atoms with van der Waals surface area (Å²) >= 11 is 0. The molecule has 0 saturated heterocycles. The maximum atomic E-state index is 12.6. The molecule has 0 aliphatic rings. The van der Waals surface area contributed by atoms with Crippen molar-refractivity contribution in [3.63, 3.8) is 0 Å². The molecule has 0 bridgehead atoms. The number of pyridine rings is 1. The van der Waals surface area contributed by atoms with Crippen molar-refractivity contribution in [3.8, 4) is 5.88 Å². The van der Waals surface area contributed by atoms with E-state index in [2.05, 4.69) is 10.3 Å². The number of hydrogen-bond acceptors (Lipinski definition) is 3. The second kappa shape index (κ2) is 7.46. The molecule has 1 amide bonds. The lowest BCUT2D eigenvalue weighted by Gasteiger charge is -2.19. The van der Waals surface area contributed by atoms with Gasteiger partial charge >= 0.3 is 0 Å². The van der Waals surface area contributed by atoms with Crippen LogP contribution in [-0.4, -0.2) is 22.6 Å². The van der Waals surface area contributed by atoms with E-state index >= 15 is 0 Å². The highest BCUT2D eigenvalue weighted by Crippen LogP contribution is 2.25. The molecular formula is C19H19N3O2. The Kier molecular flexibility index (Phi) is 4.91. The first-order valence-electron chi connectivity index (χ1n) is 7.74. The standard InChI is InChI=1S/C19H19N3O2/c1-24-19-16(10-7-11-20-19)21-18(23)14-17(22-12-5-6-13-22)15-8-3-2-4-9-15/h2-13,17H,14H2,1H3,(H,21,23). The summed E-state index contributed by atoms with van der Waals surface area (Å²) in [5, 5.41) is 2.88. The lowest BCUT2D eigenvalue weighted by molar-refractivity contribution is -0.116. The highest BCUT2D eigenvalue weighted by atomic mass is 16.5. The third-order valence-corrected chi connectivity index (χ3v) is 3.79. The van der Waals surface area contributed by atoms with E-state index in [1.165, 1.54) is 7.11 Å². The van der Waals surface area contributed by atoms with Gasteiger partial charge in [0.2, 0.25) is 11.8 Å². The van der Waals surface area contributed by atoms with E-state index in [1.807, 2.05) is 59.4 Å². The second-order valence-corrected chi connectivity index (χ2v) is 5.37. The van der Waals surface area contributed by atoms with Crippen LogP contribution >= 0.6 is 0 Å². The molecule has 24 heavy (non-hydrogen) atoms. The van der Waals surface area contributed by atoms with Crippen LogP contribution in [0.1, 0.15) is 18.0 Å². The summed E-state index contributed by atoms with van der Waals surface area (Å²) in [6.45, 7) is 0. The van der Waals surface area contributed by atoms with Gasteiger partial charge in [0, 0.05) is 18.6 Å². The van der Waals surface area contributed by atoms with E-state index in [1.54, 1.807) is 18.3 Å². The van der Waals surface area contributed by atoms with E-state index in [4.69, 9.17) is 4.74 Å².